The number of nitrogens with one attached hydrogen (secondary N) is 1. The van der Waals surface area contributed by atoms with Crippen LogP contribution in [0.1, 0.15) is 17.3 Å². The molecule has 0 saturated carbocycles. The maximum absolute atomic E-state index is 13.5. The molecular weight excluding hydrogens is 267 g/mol. The second kappa shape index (κ2) is 6.06. The molecule has 1 aromatic rings. The molecule has 1 aromatic carbocycles. The van der Waals surface area contributed by atoms with Gasteiger partial charge >= 0.3 is 0 Å². The minimum Gasteiger partial charge on any atom is -0.337 e. The first-order valence-corrected chi connectivity index (χ1v) is 7.17. The van der Waals surface area contributed by atoms with Crippen LogP contribution in [0.15, 0.2) is 18.2 Å². The van der Waals surface area contributed by atoms with Gasteiger partial charge in [0.2, 0.25) is 5.91 Å². The standard InChI is InChI=1S/C13H15FN2O2S/c1-9(17)15-12-8-10(2-3-11(12)14)13(18)16-4-6-19-7-5-16/h2-3,8H,4-7H2,1H3,(H,15,17). The van der Waals surface area contributed by atoms with Crippen molar-refractivity contribution in [3.63, 3.8) is 0 Å². The Hall–Kier alpha value is -1.56. The predicted octanol–water partition coefficient (Wildman–Crippen LogP) is 1.97. The fourth-order valence-corrected chi connectivity index (χ4v) is 2.80. The molecular formula is C13H15FN2O2S. The zero-order valence-electron chi connectivity index (χ0n) is 10.6. The Morgan fingerprint density at radius 3 is 2.63 bits per heavy atom. The Morgan fingerprint density at radius 2 is 2.00 bits per heavy atom. The Bertz CT molecular complexity index is 501. The molecule has 1 fully saturated rings. The highest BCUT2D eigenvalue weighted by atomic mass is 32.2. The topological polar surface area (TPSA) is 49.4 Å². The second-order valence-corrected chi connectivity index (χ2v) is 5.51. The van der Waals surface area contributed by atoms with Gasteiger partial charge in [0, 0.05) is 37.1 Å². The third-order valence-electron chi connectivity index (χ3n) is 2.82. The van der Waals surface area contributed by atoms with E-state index in [0.717, 1.165) is 11.5 Å². The average Bonchev–Trinajstić information content (AvgIpc) is 2.41. The van der Waals surface area contributed by atoms with Gasteiger partial charge in [0.15, 0.2) is 0 Å². The van der Waals surface area contributed by atoms with Crippen molar-refractivity contribution in [3.05, 3.63) is 29.6 Å². The fourth-order valence-electron chi connectivity index (χ4n) is 1.89. The van der Waals surface area contributed by atoms with E-state index in [1.165, 1.54) is 25.1 Å². The maximum atomic E-state index is 13.5. The molecule has 0 aliphatic carbocycles. The molecule has 0 bridgehead atoms. The van der Waals surface area contributed by atoms with Crippen LogP contribution in [0.25, 0.3) is 0 Å². The summed E-state index contributed by atoms with van der Waals surface area (Å²) in [4.78, 5) is 25.0. The summed E-state index contributed by atoms with van der Waals surface area (Å²) >= 11 is 1.81. The molecule has 1 saturated heterocycles. The van der Waals surface area contributed by atoms with Gasteiger partial charge in [-0.15, -0.1) is 0 Å². The van der Waals surface area contributed by atoms with Crippen molar-refractivity contribution in [2.24, 2.45) is 0 Å². The zero-order valence-corrected chi connectivity index (χ0v) is 11.4. The molecule has 4 nitrogen and oxygen atoms in total. The molecule has 2 amide bonds. The summed E-state index contributed by atoms with van der Waals surface area (Å²) in [7, 11) is 0. The largest absolute Gasteiger partial charge is 0.337 e. The molecule has 0 radical (unpaired) electrons. The highest BCUT2D eigenvalue weighted by molar-refractivity contribution is 7.99. The van der Waals surface area contributed by atoms with Crippen LogP contribution in [0, 0.1) is 5.82 Å². The fraction of sp³-hybridized carbons (Fsp3) is 0.385. The molecule has 0 atom stereocenters. The molecule has 1 aliphatic heterocycles. The van der Waals surface area contributed by atoms with Gasteiger partial charge in [0.1, 0.15) is 5.82 Å². The monoisotopic (exact) mass is 282 g/mol. The Labute approximate surface area is 115 Å². The number of benzene rings is 1. The van der Waals surface area contributed by atoms with Crippen LogP contribution < -0.4 is 5.32 Å². The van der Waals surface area contributed by atoms with E-state index in [1.54, 1.807) is 4.90 Å². The van der Waals surface area contributed by atoms with Crippen molar-refractivity contribution >= 4 is 29.3 Å². The first kappa shape index (κ1) is 13.9. The van der Waals surface area contributed by atoms with Crippen molar-refractivity contribution in [1.29, 1.82) is 0 Å². The van der Waals surface area contributed by atoms with E-state index in [0.29, 0.717) is 18.7 Å². The Morgan fingerprint density at radius 1 is 1.32 bits per heavy atom. The molecule has 6 heteroatoms. The van der Waals surface area contributed by atoms with E-state index in [2.05, 4.69) is 5.32 Å². The molecule has 1 heterocycles. The summed E-state index contributed by atoms with van der Waals surface area (Å²) in [6, 6.07) is 4.04. The predicted molar refractivity (Wildman–Crippen MR) is 73.9 cm³/mol. The number of rotatable bonds is 2. The summed E-state index contributed by atoms with van der Waals surface area (Å²) in [5.41, 5.74) is 0.446. The van der Waals surface area contributed by atoms with Crippen molar-refractivity contribution in [2.75, 3.05) is 29.9 Å². The van der Waals surface area contributed by atoms with E-state index < -0.39 is 5.82 Å². The number of anilines is 1. The summed E-state index contributed by atoms with van der Waals surface area (Å²) in [5.74, 6) is 0.822. The van der Waals surface area contributed by atoms with Crippen LogP contribution in [-0.4, -0.2) is 41.3 Å². The van der Waals surface area contributed by atoms with Crippen LogP contribution in [0.2, 0.25) is 0 Å². The number of thioether (sulfide) groups is 1. The molecule has 0 spiro atoms. The highest BCUT2D eigenvalue weighted by Gasteiger charge is 2.19. The zero-order chi connectivity index (χ0) is 13.8. The Balaban J connectivity index is 2.19. The van der Waals surface area contributed by atoms with E-state index >= 15 is 0 Å². The smallest absolute Gasteiger partial charge is 0.253 e. The number of hydrogen-bond acceptors (Lipinski definition) is 3. The number of halogens is 1. The van der Waals surface area contributed by atoms with Crippen LogP contribution in [0.3, 0.4) is 0 Å². The average molecular weight is 282 g/mol. The van der Waals surface area contributed by atoms with Crippen molar-refractivity contribution < 1.29 is 14.0 Å². The summed E-state index contributed by atoms with van der Waals surface area (Å²) in [6.45, 7) is 2.71. The maximum Gasteiger partial charge on any atom is 0.253 e. The van der Waals surface area contributed by atoms with Crippen LogP contribution >= 0.6 is 11.8 Å². The second-order valence-electron chi connectivity index (χ2n) is 4.28. The molecule has 19 heavy (non-hydrogen) atoms. The SMILES string of the molecule is CC(=O)Nc1cc(C(=O)N2CCSCC2)ccc1F. The molecule has 2 rings (SSSR count). The lowest BCUT2D eigenvalue weighted by atomic mass is 10.1. The van der Waals surface area contributed by atoms with Gasteiger partial charge < -0.3 is 10.2 Å². The number of nitrogens with zero attached hydrogens (tertiary/aromatic N) is 1. The number of hydrogen-bond donors (Lipinski definition) is 1. The summed E-state index contributed by atoms with van der Waals surface area (Å²) in [5, 5.41) is 2.38. The lowest BCUT2D eigenvalue weighted by molar-refractivity contribution is -0.114. The number of carbonyl (C=O) groups excluding carboxylic acids is 2. The highest BCUT2D eigenvalue weighted by Crippen LogP contribution is 2.19. The lowest BCUT2D eigenvalue weighted by Crippen LogP contribution is -2.37. The van der Waals surface area contributed by atoms with Crippen molar-refractivity contribution in [3.8, 4) is 0 Å². The number of carbonyl (C=O) groups is 2. The van der Waals surface area contributed by atoms with Crippen molar-refractivity contribution in [1.82, 2.24) is 4.90 Å². The van der Waals surface area contributed by atoms with Crippen molar-refractivity contribution in [2.45, 2.75) is 6.92 Å². The Kier molecular flexibility index (Phi) is 4.42. The normalized spacial score (nSPS) is 15.2. The minimum absolute atomic E-state index is 0.0461. The molecule has 102 valence electrons. The minimum atomic E-state index is -0.541. The molecule has 1 N–H and O–H groups in total. The summed E-state index contributed by atoms with van der Waals surface area (Å²) < 4.78 is 13.5. The van der Waals surface area contributed by atoms with E-state index in [4.69, 9.17) is 0 Å². The van der Waals surface area contributed by atoms with Gasteiger partial charge in [-0.1, -0.05) is 0 Å². The van der Waals surface area contributed by atoms with E-state index in [-0.39, 0.29) is 17.5 Å². The van der Waals surface area contributed by atoms with Gasteiger partial charge in [0.05, 0.1) is 5.69 Å². The van der Waals surface area contributed by atoms with E-state index in [1.807, 2.05) is 11.8 Å². The molecule has 0 aromatic heterocycles. The van der Waals surface area contributed by atoms with Crippen LogP contribution in [0.5, 0.6) is 0 Å². The van der Waals surface area contributed by atoms with Gasteiger partial charge in [-0.3, -0.25) is 9.59 Å². The van der Waals surface area contributed by atoms with Gasteiger partial charge in [0.25, 0.3) is 5.91 Å². The molecule has 1 aliphatic rings. The first-order chi connectivity index (χ1) is 9.08. The van der Waals surface area contributed by atoms with Gasteiger partial charge in [-0.2, -0.15) is 11.8 Å². The lowest BCUT2D eigenvalue weighted by Gasteiger charge is -2.26. The third kappa shape index (κ3) is 3.47. The quantitative estimate of drug-likeness (QED) is 0.902. The van der Waals surface area contributed by atoms with Gasteiger partial charge in [-0.25, -0.2) is 4.39 Å². The summed E-state index contributed by atoms with van der Waals surface area (Å²) in [6.07, 6.45) is 0. The van der Waals surface area contributed by atoms with Gasteiger partial charge in [-0.05, 0) is 18.2 Å². The van der Waals surface area contributed by atoms with Crippen LogP contribution in [0.4, 0.5) is 10.1 Å². The van der Waals surface area contributed by atoms with E-state index in [9.17, 15) is 14.0 Å². The van der Waals surface area contributed by atoms with Crippen LogP contribution in [-0.2, 0) is 4.79 Å². The number of amides is 2. The third-order valence-corrected chi connectivity index (χ3v) is 3.76. The molecule has 0 unspecified atom stereocenters. The first-order valence-electron chi connectivity index (χ1n) is 6.02.